The molecule has 1 aromatic rings. The van der Waals surface area contributed by atoms with Gasteiger partial charge in [0.15, 0.2) is 0 Å². The summed E-state index contributed by atoms with van der Waals surface area (Å²) in [5.74, 6) is 0.456. The van der Waals surface area contributed by atoms with Gasteiger partial charge in [-0.2, -0.15) is 0 Å². The summed E-state index contributed by atoms with van der Waals surface area (Å²) < 4.78 is 6.59. The zero-order valence-corrected chi connectivity index (χ0v) is 9.74. The number of amides is 1. The summed E-state index contributed by atoms with van der Waals surface area (Å²) in [6, 6.07) is 3.22. The summed E-state index contributed by atoms with van der Waals surface area (Å²) in [7, 11) is 1.52. The zero-order chi connectivity index (χ0) is 12.1. The number of hydrogen-bond donors (Lipinski definition) is 1. The van der Waals surface area contributed by atoms with Gasteiger partial charge in [0.25, 0.3) is 5.56 Å². The van der Waals surface area contributed by atoms with Crippen LogP contribution in [0.4, 0.5) is 0 Å². The van der Waals surface area contributed by atoms with Gasteiger partial charge in [-0.3, -0.25) is 9.59 Å². The van der Waals surface area contributed by atoms with Crippen molar-refractivity contribution in [2.24, 2.45) is 0 Å². The van der Waals surface area contributed by atoms with Crippen LogP contribution in [0.1, 0.15) is 12.6 Å². The van der Waals surface area contributed by atoms with Gasteiger partial charge in [0.05, 0.1) is 7.11 Å². The maximum Gasteiger partial charge on any atom is 0.254 e. The first-order valence-electron chi connectivity index (χ1n) is 5.04. The van der Waals surface area contributed by atoms with Crippen LogP contribution in [-0.2, 0) is 11.3 Å². The molecule has 1 heterocycles. The summed E-state index contributed by atoms with van der Waals surface area (Å²) >= 11 is 0. The number of nitrogens with zero attached hydrogens (tertiary/aromatic N) is 1. The highest BCUT2D eigenvalue weighted by Gasteiger charge is 2.03. The summed E-state index contributed by atoms with van der Waals surface area (Å²) in [6.45, 7) is 4.19. The van der Waals surface area contributed by atoms with Crippen molar-refractivity contribution >= 4 is 5.91 Å². The van der Waals surface area contributed by atoms with E-state index in [4.69, 9.17) is 4.74 Å². The van der Waals surface area contributed by atoms with Gasteiger partial charge in [-0.05, 0) is 13.0 Å². The molecular weight excluding hydrogens is 208 g/mol. The fraction of sp³-hybridized carbons (Fsp3) is 0.455. The van der Waals surface area contributed by atoms with Gasteiger partial charge in [-0.25, -0.2) is 0 Å². The highest BCUT2D eigenvalue weighted by atomic mass is 16.5. The van der Waals surface area contributed by atoms with Crippen molar-refractivity contribution in [2.45, 2.75) is 20.4 Å². The molecule has 0 aliphatic carbocycles. The van der Waals surface area contributed by atoms with Crippen molar-refractivity contribution in [1.29, 1.82) is 0 Å². The van der Waals surface area contributed by atoms with E-state index in [0.717, 1.165) is 5.69 Å². The van der Waals surface area contributed by atoms with Gasteiger partial charge in [-0.15, -0.1) is 0 Å². The van der Waals surface area contributed by atoms with E-state index in [1.807, 2.05) is 6.92 Å². The molecule has 0 aliphatic heterocycles. The normalized spacial score (nSPS) is 9.94. The zero-order valence-electron chi connectivity index (χ0n) is 9.74. The Morgan fingerprint density at radius 1 is 1.50 bits per heavy atom. The third-order valence-corrected chi connectivity index (χ3v) is 2.25. The Hall–Kier alpha value is -1.78. The van der Waals surface area contributed by atoms with Crippen molar-refractivity contribution in [1.82, 2.24) is 9.88 Å². The summed E-state index contributed by atoms with van der Waals surface area (Å²) in [6.07, 6.45) is 0. The average Bonchev–Trinajstić information content (AvgIpc) is 2.21. The van der Waals surface area contributed by atoms with Crippen molar-refractivity contribution < 1.29 is 9.53 Å². The SMILES string of the molecule is COc1cc(C)n(CCNC(C)=O)c(=O)c1. The quantitative estimate of drug-likeness (QED) is 0.800. The van der Waals surface area contributed by atoms with Crippen LogP contribution < -0.4 is 15.6 Å². The molecule has 0 aliphatic rings. The molecule has 0 saturated carbocycles. The van der Waals surface area contributed by atoms with Crippen molar-refractivity contribution in [3.63, 3.8) is 0 Å². The largest absolute Gasteiger partial charge is 0.496 e. The van der Waals surface area contributed by atoms with E-state index in [-0.39, 0.29) is 11.5 Å². The second-order valence-electron chi connectivity index (χ2n) is 3.51. The molecule has 1 amide bonds. The van der Waals surface area contributed by atoms with Crippen molar-refractivity contribution in [3.05, 3.63) is 28.2 Å². The first kappa shape index (κ1) is 12.3. The lowest BCUT2D eigenvalue weighted by Gasteiger charge is -2.11. The molecule has 88 valence electrons. The van der Waals surface area contributed by atoms with Crippen LogP contribution in [-0.4, -0.2) is 24.1 Å². The number of carbonyl (C=O) groups is 1. The Morgan fingerprint density at radius 2 is 2.19 bits per heavy atom. The Labute approximate surface area is 94.0 Å². The topological polar surface area (TPSA) is 60.3 Å². The van der Waals surface area contributed by atoms with Crippen LogP contribution >= 0.6 is 0 Å². The molecule has 0 unspecified atom stereocenters. The minimum Gasteiger partial charge on any atom is -0.496 e. The predicted octanol–water partition coefficient (Wildman–Crippen LogP) is 0.301. The maximum atomic E-state index is 11.7. The van der Waals surface area contributed by atoms with Crippen LogP contribution in [0.2, 0.25) is 0 Å². The van der Waals surface area contributed by atoms with Crippen LogP contribution in [0, 0.1) is 6.92 Å². The van der Waals surface area contributed by atoms with E-state index in [1.165, 1.54) is 20.1 Å². The Balaban J connectivity index is 2.80. The summed E-state index contributed by atoms with van der Waals surface area (Å²) in [4.78, 5) is 22.4. The number of aryl methyl sites for hydroxylation is 1. The number of pyridine rings is 1. The minimum atomic E-state index is -0.123. The molecule has 1 aromatic heterocycles. The molecular formula is C11H16N2O3. The molecule has 0 fully saturated rings. The fourth-order valence-electron chi connectivity index (χ4n) is 1.45. The van der Waals surface area contributed by atoms with Gasteiger partial charge in [0.2, 0.25) is 5.91 Å². The van der Waals surface area contributed by atoms with Crippen LogP contribution in [0.15, 0.2) is 16.9 Å². The van der Waals surface area contributed by atoms with Gasteiger partial charge >= 0.3 is 0 Å². The first-order valence-corrected chi connectivity index (χ1v) is 5.04. The average molecular weight is 224 g/mol. The standard InChI is InChI=1S/C11H16N2O3/c1-8-6-10(16-3)7-11(15)13(8)5-4-12-9(2)14/h6-7H,4-5H2,1-3H3,(H,12,14). The number of carbonyl (C=O) groups excluding carboxylic acids is 1. The van der Waals surface area contributed by atoms with Crippen molar-refractivity contribution in [3.8, 4) is 5.75 Å². The maximum absolute atomic E-state index is 11.7. The van der Waals surface area contributed by atoms with Crippen molar-refractivity contribution in [2.75, 3.05) is 13.7 Å². The van der Waals surface area contributed by atoms with Gasteiger partial charge in [-0.1, -0.05) is 0 Å². The number of hydrogen-bond acceptors (Lipinski definition) is 3. The van der Waals surface area contributed by atoms with Gasteiger partial charge in [0.1, 0.15) is 5.75 Å². The highest BCUT2D eigenvalue weighted by molar-refractivity contribution is 5.72. The fourth-order valence-corrected chi connectivity index (χ4v) is 1.45. The monoisotopic (exact) mass is 224 g/mol. The van der Waals surface area contributed by atoms with E-state index in [1.54, 1.807) is 10.6 Å². The Kier molecular flexibility index (Phi) is 4.10. The van der Waals surface area contributed by atoms with E-state index >= 15 is 0 Å². The van der Waals surface area contributed by atoms with Crippen LogP contribution in [0.5, 0.6) is 5.75 Å². The van der Waals surface area contributed by atoms with Gasteiger partial charge < -0.3 is 14.6 Å². The minimum absolute atomic E-state index is 0.0980. The lowest BCUT2D eigenvalue weighted by molar-refractivity contribution is -0.118. The summed E-state index contributed by atoms with van der Waals surface area (Å²) in [5.41, 5.74) is 0.692. The van der Waals surface area contributed by atoms with Crippen LogP contribution in [0.3, 0.4) is 0 Å². The number of nitrogens with one attached hydrogen (secondary N) is 1. The summed E-state index contributed by atoms with van der Waals surface area (Å²) in [5, 5.41) is 2.65. The number of aromatic nitrogens is 1. The molecule has 0 bridgehead atoms. The smallest absolute Gasteiger partial charge is 0.254 e. The van der Waals surface area contributed by atoms with E-state index in [2.05, 4.69) is 5.32 Å². The van der Waals surface area contributed by atoms with E-state index in [0.29, 0.717) is 18.8 Å². The molecule has 16 heavy (non-hydrogen) atoms. The second-order valence-corrected chi connectivity index (χ2v) is 3.51. The lowest BCUT2D eigenvalue weighted by Crippen LogP contribution is -2.30. The second kappa shape index (κ2) is 5.34. The Bertz CT molecular complexity index is 437. The molecule has 5 heteroatoms. The highest BCUT2D eigenvalue weighted by Crippen LogP contribution is 2.08. The number of rotatable bonds is 4. The molecule has 0 saturated heterocycles. The third kappa shape index (κ3) is 3.12. The third-order valence-electron chi connectivity index (χ3n) is 2.25. The molecule has 1 rings (SSSR count). The van der Waals surface area contributed by atoms with Gasteiger partial charge in [0, 0.05) is 31.8 Å². The number of methoxy groups -OCH3 is 1. The van der Waals surface area contributed by atoms with E-state index < -0.39 is 0 Å². The molecule has 5 nitrogen and oxygen atoms in total. The molecule has 0 atom stereocenters. The first-order chi connectivity index (χ1) is 7.54. The molecule has 0 spiro atoms. The lowest BCUT2D eigenvalue weighted by atomic mass is 10.3. The predicted molar refractivity (Wildman–Crippen MR) is 60.7 cm³/mol. The molecule has 1 N–H and O–H groups in total. The number of ether oxygens (including phenoxy) is 1. The molecule has 0 radical (unpaired) electrons. The van der Waals surface area contributed by atoms with Crippen LogP contribution in [0.25, 0.3) is 0 Å². The Morgan fingerprint density at radius 3 is 2.69 bits per heavy atom. The molecule has 0 aromatic carbocycles. The van der Waals surface area contributed by atoms with E-state index in [9.17, 15) is 9.59 Å².